The van der Waals surface area contributed by atoms with E-state index in [4.69, 9.17) is 4.42 Å². The Balaban J connectivity index is 0.00000341. The molecule has 0 atom stereocenters. The third kappa shape index (κ3) is 7.17. The van der Waals surface area contributed by atoms with E-state index in [0.717, 1.165) is 24.0 Å². The van der Waals surface area contributed by atoms with Gasteiger partial charge in [0.05, 0.1) is 11.4 Å². The van der Waals surface area contributed by atoms with Crippen molar-refractivity contribution in [2.75, 3.05) is 5.75 Å². The second kappa shape index (κ2) is 11.0. The zero-order chi connectivity index (χ0) is 21.6. The minimum absolute atomic E-state index is 0. The van der Waals surface area contributed by atoms with E-state index in [1.165, 1.54) is 5.56 Å². The molecule has 0 N–H and O–H groups in total. The maximum absolute atomic E-state index is 12.5. The van der Waals surface area contributed by atoms with E-state index in [1.807, 2.05) is 54.6 Å². The first-order chi connectivity index (χ1) is 14.4. The molecule has 3 rings (SSSR count). The molecule has 0 amide bonds. The number of rotatable bonds is 10. The molecule has 3 aromatic rings. The van der Waals surface area contributed by atoms with Crippen LogP contribution in [0.3, 0.4) is 0 Å². The second-order valence-electron chi connectivity index (χ2n) is 7.48. The van der Waals surface area contributed by atoms with Crippen LogP contribution in [-0.2, 0) is 33.2 Å². The van der Waals surface area contributed by atoms with Gasteiger partial charge in [0, 0.05) is 12.0 Å². The summed E-state index contributed by atoms with van der Waals surface area (Å²) in [6, 6.07) is 17.7. The summed E-state index contributed by atoms with van der Waals surface area (Å²) in [5.41, 5.74) is 3.51. The molecule has 0 radical (unpaired) electrons. The van der Waals surface area contributed by atoms with Gasteiger partial charge in [-0.05, 0) is 49.4 Å². The molecule has 1 aromatic heterocycles. The normalized spacial score (nSPS) is 11.2. The highest BCUT2D eigenvalue weighted by molar-refractivity contribution is 7.91. The fourth-order valence-electron chi connectivity index (χ4n) is 3.28. The van der Waals surface area contributed by atoms with Crippen LogP contribution < -0.4 is 0 Å². The highest BCUT2D eigenvalue weighted by Crippen LogP contribution is 2.23. The summed E-state index contributed by atoms with van der Waals surface area (Å²) in [5.74, 6) is -0.157. The van der Waals surface area contributed by atoms with Crippen LogP contribution in [0.15, 0.2) is 59.0 Å². The van der Waals surface area contributed by atoms with E-state index in [0.29, 0.717) is 23.8 Å². The Hall–Kier alpha value is -2.73. The molecule has 0 aliphatic rings. The van der Waals surface area contributed by atoms with Crippen molar-refractivity contribution in [1.82, 2.24) is 4.98 Å². The third-order valence-corrected chi connectivity index (χ3v) is 6.48. The molecule has 166 valence electrons. The summed E-state index contributed by atoms with van der Waals surface area (Å²) in [7, 11) is -3.60. The number of sulfone groups is 1. The third-order valence-electron chi connectivity index (χ3n) is 5.00. The smallest absolute Gasteiger partial charge is 0.226 e. The van der Waals surface area contributed by atoms with Gasteiger partial charge in [-0.15, -0.1) is 0 Å². The van der Waals surface area contributed by atoms with Crippen LogP contribution >= 0.6 is 0 Å². The Morgan fingerprint density at radius 1 is 1.00 bits per heavy atom. The lowest BCUT2D eigenvalue weighted by Crippen LogP contribution is -2.18. The fourth-order valence-corrected chi connectivity index (χ4v) is 4.70. The Kier molecular flexibility index (Phi) is 8.75. The zero-order valence-electron chi connectivity index (χ0n) is 17.4. The molecule has 31 heavy (non-hydrogen) atoms. The van der Waals surface area contributed by atoms with Crippen molar-refractivity contribution in [2.45, 2.75) is 52.7 Å². The minimum Gasteiger partial charge on any atom is -0.441 e. The lowest BCUT2D eigenvalue weighted by Gasteiger charge is -2.03. The van der Waals surface area contributed by atoms with Crippen molar-refractivity contribution in [2.24, 2.45) is 0 Å². The number of aryl methyl sites for hydroxylation is 3. The van der Waals surface area contributed by atoms with Crippen LogP contribution in [0.1, 0.15) is 49.8 Å². The van der Waals surface area contributed by atoms with Crippen LogP contribution in [0.4, 0.5) is 0 Å². The number of Topliss-reactive ketones (excluding diaryl/α,β-unsaturated/α-hetero) is 1. The lowest BCUT2D eigenvalue weighted by atomic mass is 10.1. The van der Waals surface area contributed by atoms with Crippen molar-refractivity contribution in [3.8, 4) is 11.5 Å². The van der Waals surface area contributed by atoms with Crippen LogP contribution in [0.25, 0.3) is 11.5 Å². The molecular formula is C25H31NO4S. The average molecular weight is 442 g/mol. The van der Waals surface area contributed by atoms with Crippen LogP contribution in [0.2, 0.25) is 0 Å². The monoisotopic (exact) mass is 441 g/mol. The maximum Gasteiger partial charge on any atom is 0.226 e. The first-order valence-electron chi connectivity index (χ1n) is 10.2. The predicted octanol–water partition coefficient (Wildman–Crippen LogP) is 5.36. The number of oxazole rings is 1. The molecule has 0 aliphatic heterocycles. The van der Waals surface area contributed by atoms with E-state index in [2.05, 4.69) is 11.9 Å². The number of carbonyl (C=O) groups excluding carboxylic acids is 1. The van der Waals surface area contributed by atoms with E-state index < -0.39 is 15.6 Å². The van der Waals surface area contributed by atoms with Gasteiger partial charge in [-0.25, -0.2) is 13.4 Å². The highest BCUT2D eigenvalue weighted by atomic mass is 32.2. The predicted molar refractivity (Wildman–Crippen MR) is 125 cm³/mol. The Morgan fingerprint density at radius 2 is 1.68 bits per heavy atom. The van der Waals surface area contributed by atoms with Crippen molar-refractivity contribution in [3.05, 3.63) is 77.2 Å². The standard InChI is InChI=1S/C24H27NO4S.CH4/c1-3-19-12-14-21(15-13-19)24-25-23(18(2)29-24)17-30(27,28)16-22(26)11-7-10-20-8-5-4-6-9-20;/h4-6,8-9,12-15H,3,7,10-11,16-17H2,1-2H3;1H4. The molecular weight excluding hydrogens is 410 g/mol. The van der Waals surface area contributed by atoms with Crippen LogP contribution in [-0.4, -0.2) is 24.9 Å². The van der Waals surface area contributed by atoms with E-state index in [1.54, 1.807) is 6.92 Å². The maximum atomic E-state index is 12.5. The van der Waals surface area contributed by atoms with Gasteiger partial charge < -0.3 is 4.42 Å². The molecule has 0 bridgehead atoms. The topological polar surface area (TPSA) is 77.2 Å². The van der Waals surface area contributed by atoms with Crippen LogP contribution in [0, 0.1) is 6.92 Å². The van der Waals surface area contributed by atoms with Crippen molar-refractivity contribution < 1.29 is 17.6 Å². The Morgan fingerprint density at radius 3 is 2.32 bits per heavy atom. The van der Waals surface area contributed by atoms with E-state index >= 15 is 0 Å². The van der Waals surface area contributed by atoms with Gasteiger partial charge >= 0.3 is 0 Å². The van der Waals surface area contributed by atoms with E-state index in [9.17, 15) is 13.2 Å². The molecule has 5 nitrogen and oxygen atoms in total. The SMILES string of the molecule is C.CCc1ccc(-c2nc(CS(=O)(=O)CC(=O)CCCc3ccccc3)c(C)o2)cc1. The molecule has 0 saturated carbocycles. The summed E-state index contributed by atoms with van der Waals surface area (Å²) in [6.07, 6.45) is 2.59. The first-order valence-corrected chi connectivity index (χ1v) is 12.0. The molecule has 0 unspecified atom stereocenters. The lowest BCUT2D eigenvalue weighted by molar-refractivity contribution is -0.116. The van der Waals surface area contributed by atoms with Gasteiger partial charge in [0.25, 0.3) is 0 Å². The number of carbonyl (C=O) groups is 1. The molecule has 6 heteroatoms. The molecule has 2 aromatic carbocycles. The van der Waals surface area contributed by atoms with Crippen LogP contribution in [0.5, 0.6) is 0 Å². The Bertz CT molecular complexity index is 1080. The van der Waals surface area contributed by atoms with Crippen molar-refractivity contribution >= 4 is 15.6 Å². The van der Waals surface area contributed by atoms with Crippen molar-refractivity contribution in [3.63, 3.8) is 0 Å². The molecule has 0 aliphatic carbocycles. The zero-order valence-corrected chi connectivity index (χ0v) is 18.2. The van der Waals surface area contributed by atoms with E-state index in [-0.39, 0.29) is 25.4 Å². The number of hydrogen-bond acceptors (Lipinski definition) is 5. The number of aromatic nitrogens is 1. The summed E-state index contributed by atoms with van der Waals surface area (Å²) < 4.78 is 30.7. The van der Waals surface area contributed by atoms with Crippen molar-refractivity contribution in [1.29, 1.82) is 0 Å². The summed E-state index contributed by atoms with van der Waals surface area (Å²) >= 11 is 0. The molecule has 0 saturated heterocycles. The van der Waals surface area contributed by atoms with Gasteiger partial charge in [0.1, 0.15) is 17.3 Å². The number of ketones is 1. The summed E-state index contributed by atoms with van der Waals surface area (Å²) in [5, 5.41) is 0. The quantitative estimate of drug-likeness (QED) is 0.423. The number of nitrogens with zero attached hydrogens (tertiary/aromatic N) is 1. The summed E-state index contributed by atoms with van der Waals surface area (Å²) in [4.78, 5) is 16.6. The number of benzene rings is 2. The Labute approximate surface area is 185 Å². The second-order valence-corrected chi connectivity index (χ2v) is 9.55. The summed E-state index contributed by atoms with van der Waals surface area (Å²) in [6.45, 7) is 3.78. The molecule has 0 fully saturated rings. The van der Waals surface area contributed by atoms with Gasteiger partial charge in [-0.2, -0.15) is 0 Å². The van der Waals surface area contributed by atoms with Gasteiger partial charge in [0.2, 0.25) is 5.89 Å². The largest absolute Gasteiger partial charge is 0.441 e. The molecule has 1 heterocycles. The number of hydrogen-bond donors (Lipinski definition) is 0. The minimum atomic E-state index is -3.60. The fraction of sp³-hybridized carbons (Fsp3) is 0.360. The van der Waals surface area contributed by atoms with Gasteiger partial charge in [-0.3, -0.25) is 4.79 Å². The van der Waals surface area contributed by atoms with Gasteiger partial charge in [0.15, 0.2) is 9.84 Å². The highest BCUT2D eigenvalue weighted by Gasteiger charge is 2.22. The van der Waals surface area contributed by atoms with Gasteiger partial charge in [-0.1, -0.05) is 56.8 Å². The average Bonchev–Trinajstić information content (AvgIpc) is 3.08. The first kappa shape index (κ1) is 24.5. The molecule has 0 spiro atoms.